The summed E-state index contributed by atoms with van der Waals surface area (Å²) in [7, 11) is -15.1. The number of aliphatic hydroxyl groups excluding tert-OH is 2. The first-order chi connectivity index (χ1) is 64.7. The summed E-state index contributed by atoms with van der Waals surface area (Å²) in [6.45, 7) is 18.9. The number of carbonyl (C=O) groups is 1. The van der Waals surface area contributed by atoms with Crippen LogP contribution in [0.5, 0.6) is 0 Å². The Bertz CT molecular complexity index is 6600. The second kappa shape index (κ2) is 41.7. The summed E-state index contributed by atoms with van der Waals surface area (Å²) in [5.74, 6) is -0.486. The summed E-state index contributed by atoms with van der Waals surface area (Å²) < 4.78 is 296. The van der Waals surface area contributed by atoms with Gasteiger partial charge in [-0.3, -0.25) is 23.8 Å². The van der Waals surface area contributed by atoms with Crippen molar-refractivity contribution in [1.82, 2.24) is 29.3 Å². The number of aliphatic hydroxyl groups is 2. The van der Waals surface area contributed by atoms with Crippen molar-refractivity contribution in [3.05, 3.63) is 290 Å². The van der Waals surface area contributed by atoms with Gasteiger partial charge in [-0.15, -0.1) is 0 Å². The van der Waals surface area contributed by atoms with Gasteiger partial charge in [-0.25, -0.2) is 33.7 Å². The lowest BCUT2D eigenvalue weighted by Crippen LogP contribution is -2.45. The van der Waals surface area contributed by atoms with E-state index in [1.165, 1.54) is 38.3 Å². The van der Waals surface area contributed by atoms with E-state index in [-0.39, 0.29) is 111 Å². The molecule has 40 heteroatoms. The van der Waals surface area contributed by atoms with Gasteiger partial charge >= 0.3 is 30.7 Å². The van der Waals surface area contributed by atoms with Crippen molar-refractivity contribution < 1.29 is 125 Å². The Balaban J connectivity index is 0.000000167. The Hall–Kier alpha value is -9.75. The number of sulfone groups is 4. The third-order valence-corrected chi connectivity index (χ3v) is 36.9. The van der Waals surface area contributed by atoms with E-state index in [9.17, 15) is 101 Å². The van der Waals surface area contributed by atoms with Crippen LogP contribution in [0.15, 0.2) is 247 Å². The summed E-state index contributed by atoms with van der Waals surface area (Å²) >= 11 is 3.38. The van der Waals surface area contributed by atoms with E-state index in [1.807, 2.05) is 131 Å². The van der Waals surface area contributed by atoms with Crippen LogP contribution in [0.4, 0.5) is 52.7 Å². The van der Waals surface area contributed by atoms with E-state index in [4.69, 9.17) is 28.8 Å². The number of hydrogen-bond donors (Lipinski definition) is 2. The minimum absolute atomic E-state index is 0.00977. The number of aliphatic imine (C=N–C) groups is 1. The molecule has 0 aliphatic carbocycles. The number of carbonyl (C=O) groups excluding carboxylic acids is 1. The summed E-state index contributed by atoms with van der Waals surface area (Å²) in [5.41, 5.74) is 1.21. The van der Waals surface area contributed by atoms with Crippen molar-refractivity contribution in [3.63, 3.8) is 0 Å². The van der Waals surface area contributed by atoms with Gasteiger partial charge in [-0.05, 0) is 228 Å². The zero-order chi connectivity index (χ0) is 102. The quantitative estimate of drug-likeness (QED) is 0.0419. The molecule has 10 aromatic rings. The van der Waals surface area contributed by atoms with Gasteiger partial charge in [0.2, 0.25) is 0 Å². The van der Waals surface area contributed by atoms with Crippen LogP contribution in [0, 0.1) is 5.41 Å². The highest BCUT2D eigenvalue weighted by atomic mass is 79.9. The standard InChI is InChI=1S/C28H31F3N2O5S.C27H31F3N2O4S.C23H22BrF3N2O3S.C21H26F3NO4S/c1-26(2,25(34)37-4)24-16-22(33(32-24)18-19-9-6-5-7-10-19)23-17-27(3,13-14-38-23)39(35,36)21-12-8-11-20(15-21)28(29,30)31;1-25(2,18-33)24-15-22(32(31-24)17-19-8-5-4-6-9-19)23-16-26(3,12-13-36-23)37(34,35)21-11-7-10-20(14-21)27(28,29)30;1-22(33(30,31)18-9-5-8-17(12-18)23(25,26)27)10-11-32-20(14-22)19-13-21(24)28-29(19)15-16-6-3-2-4-7-16;1-19(2,13-26)18-9-14(12-25-18)17-11-20(3,7-8-29-17)30(27,28)16-6-4-5-15(10-16)21(22,23)24/h5-12,15-16,23H,13-14,17-18H2,1-4H3;4-11,14-15,23,33H,12-13,16-18H2,1-3H3;2-9,12-13,20H,10-11,14-15H2,1H3;4-6,9-10,17,26H,7-8,11-13H2,1-3H3. The number of ether oxygens (including phenoxy) is 5. The molecule has 4 fully saturated rings. The molecule has 0 amide bonds. The molecule has 0 saturated carbocycles. The number of halogens is 13. The lowest BCUT2D eigenvalue weighted by Gasteiger charge is -2.38. The van der Waals surface area contributed by atoms with Gasteiger partial charge in [0.15, 0.2) is 39.3 Å². The topological polar surface area (TPSA) is 306 Å². The molecule has 15 rings (SSSR count). The molecule has 0 bridgehead atoms. The maximum absolute atomic E-state index is 13.7. The fraction of sp³-hybridized carbons (Fsp3) is 0.444. The van der Waals surface area contributed by atoms with Crippen LogP contribution in [-0.2, 0) is 123 Å². The average molecular weight is 2090 g/mol. The molecule has 8 unspecified atom stereocenters. The lowest BCUT2D eigenvalue weighted by molar-refractivity contribution is -0.146. The van der Waals surface area contributed by atoms with Crippen LogP contribution in [0.1, 0.15) is 206 Å². The van der Waals surface area contributed by atoms with Gasteiger partial charge in [0.1, 0.15) is 28.3 Å². The van der Waals surface area contributed by atoms with E-state index in [0.29, 0.717) is 83.5 Å². The third kappa shape index (κ3) is 24.1. The lowest BCUT2D eigenvalue weighted by atomic mass is 9.87. The molecule has 5 aliphatic heterocycles. The molecule has 8 heterocycles. The number of esters is 1. The summed E-state index contributed by atoms with van der Waals surface area (Å²) in [6.07, 6.45) is -18.3. The minimum Gasteiger partial charge on any atom is -0.468 e. The number of rotatable bonds is 24. The molecule has 139 heavy (non-hydrogen) atoms. The molecule has 23 nitrogen and oxygen atoms in total. The van der Waals surface area contributed by atoms with E-state index in [0.717, 1.165) is 76.5 Å². The number of hydrogen-bond acceptors (Lipinski definition) is 20. The Morgan fingerprint density at radius 3 is 1.00 bits per heavy atom. The smallest absolute Gasteiger partial charge is 0.416 e. The van der Waals surface area contributed by atoms with E-state index < -0.39 is 152 Å². The third-order valence-electron chi connectivity index (χ3n) is 26.3. The normalized spacial score (nSPS) is 22.1. The largest absolute Gasteiger partial charge is 0.468 e. The summed E-state index contributed by atoms with van der Waals surface area (Å²) in [5, 5.41) is 33.3. The Morgan fingerprint density at radius 1 is 0.403 bits per heavy atom. The van der Waals surface area contributed by atoms with Crippen LogP contribution >= 0.6 is 15.9 Å². The number of methoxy groups -OCH3 is 1. The van der Waals surface area contributed by atoms with Gasteiger partial charge < -0.3 is 33.9 Å². The zero-order valence-electron chi connectivity index (χ0n) is 78.0. The SMILES string of the molecule is CC(C)(CO)C1=NCC(C2CC(C)(S(=O)(=O)c3cccc(C(F)(F)F)c3)CCO2)=C1.CC(C)(CO)c1cc(C2CC(C)(S(=O)(=O)c3cccc(C(F)(F)F)c3)CCO2)n(Cc2ccccc2)n1.CC1(S(=O)(=O)c2cccc(C(F)(F)F)c2)CCOC(c2cc(Br)nn2Cc2ccccc2)C1.COC(=O)C(C)(C)c1cc(C2CC(C)(S(=O)(=O)c3cccc(C(F)(F)F)c3)CCO2)n(Cc2ccccc2)n1. The van der Waals surface area contributed by atoms with Crippen molar-refractivity contribution in [2.24, 2.45) is 10.4 Å². The minimum atomic E-state index is -4.67. The van der Waals surface area contributed by atoms with E-state index >= 15 is 0 Å². The molecule has 752 valence electrons. The number of allylic oxidation sites excluding steroid dienone is 1. The highest BCUT2D eigenvalue weighted by molar-refractivity contribution is 9.10. The second-order valence-corrected chi connectivity index (χ2v) is 48.7. The maximum Gasteiger partial charge on any atom is 0.416 e. The molecule has 4 saturated heterocycles. The highest BCUT2D eigenvalue weighted by Gasteiger charge is 2.53. The molecular formula is C99H110BrF12N7O16S4. The number of nitrogens with zero attached hydrogens (tertiary/aromatic N) is 7. The van der Waals surface area contributed by atoms with Gasteiger partial charge in [0.05, 0.1) is 142 Å². The van der Waals surface area contributed by atoms with Crippen molar-refractivity contribution in [2.45, 2.75) is 239 Å². The van der Waals surface area contributed by atoms with E-state index in [1.54, 1.807) is 60.8 Å². The van der Waals surface area contributed by atoms with Crippen LogP contribution in [0.25, 0.3) is 0 Å². The van der Waals surface area contributed by atoms with Crippen LogP contribution < -0.4 is 0 Å². The monoisotopic (exact) mass is 2090 g/mol. The maximum atomic E-state index is 13.7. The molecule has 2 N–H and O–H groups in total. The number of benzene rings is 7. The van der Waals surface area contributed by atoms with Gasteiger partial charge in [-0.2, -0.15) is 68.0 Å². The Labute approximate surface area is 808 Å². The van der Waals surface area contributed by atoms with E-state index in [2.05, 4.69) is 31.1 Å². The van der Waals surface area contributed by atoms with Gasteiger partial charge in [-0.1, -0.05) is 143 Å². The molecule has 0 radical (unpaired) electrons. The number of aromatic nitrogens is 6. The van der Waals surface area contributed by atoms with Crippen molar-refractivity contribution in [1.29, 1.82) is 0 Å². The first kappa shape index (κ1) is 108. The molecular weight excluding hydrogens is 1980 g/mol. The average Bonchev–Trinajstić information content (AvgIpc) is 1.55. The zero-order valence-corrected chi connectivity index (χ0v) is 82.9. The fourth-order valence-electron chi connectivity index (χ4n) is 17.1. The van der Waals surface area contributed by atoms with Crippen LogP contribution in [0.3, 0.4) is 0 Å². The predicted molar refractivity (Wildman–Crippen MR) is 498 cm³/mol. The Morgan fingerprint density at radius 2 is 0.691 bits per heavy atom. The Kier molecular flexibility index (Phi) is 32.4. The van der Waals surface area contributed by atoms with Crippen molar-refractivity contribution in [2.75, 3.05) is 53.3 Å². The van der Waals surface area contributed by atoms with Crippen LogP contribution in [-0.4, -0.2) is 163 Å². The summed E-state index contributed by atoms with van der Waals surface area (Å²) in [6, 6.07) is 49.6. The number of alkyl halides is 12. The molecule has 5 aliphatic rings. The molecule has 7 aromatic carbocycles. The van der Waals surface area contributed by atoms with Gasteiger partial charge in [0, 0.05) is 43.0 Å². The van der Waals surface area contributed by atoms with Crippen molar-refractivity contribution >= 4 is 67.0 Å². The summed E-state index contributed by atoms with van der Waals surface area (Å²) in [4.78, 5) is 15.6. The first-order valence-electron chi connectivity index (χ1n) is 44.5. The van der Waals surface area contributed by atoms with Crippen LogP contribution in [0.2, 0.25) is 0 Å². The molecule has 0 spiro atoms. The molecule has 8 atom stereocenters. The van der Waals surface area contributed by atoms with Gasteiger partial charge in [0.25, 0.3) is 0 Å². The first-order valence-corrected chi connectivity index (χ1v) is 51.2. The fourth-order valence-corrected chi connectivity index (χ4v) is 24.8. The van der Waals surface area contributed by atoms with Crippen molar-refractivity contribution in [3.8, 4) is 0 Å². The highest BCUT2D eigenvalue weighted by Crippen LogP contribution is 2.50. The predicted octanol–water partition coefficient (Wildman–Crippen LogP) is 20.4. The second-order valence-electron chi connectivity index (χ2n) is 38.0. The molecule has 3 aromatic heterocycles.